The van der Waals surface area contributed by atoms with E-state index >= 15 is 0 Å². The summed E-state index contributed by atoms with van der Waals surface area (Å²) in [5.74, 6) is 0. The highest BCUT2D eigenvalue weighted by Crippen LogP contribution is 1.83. The summed E-state index contributed by atoms with van der Waals surface area (Å²) in [6, 6.07) is -0.336. The SMILES string of the molecule is N[C@H](/C=C/O)CC=O. The lowest BCUT2D eigenvalue weighted by atomic mass is 10.2. The van der Waals surface area contributed by atoms with E-state index < -0.39 is 0 Å². The van der Waals surface area contributed by atoms with Crippen molar-refractivity contribution in [1.82, 2.24) is 0 Å². The van der Waals surface area contributed by atoms with Gasteiger partial charge in [0.25, 0.3) is 0 Å². The van der Waals surface area contributed by atoms with E-state index in [-0.39, 0.29) is 12.5 Å². The molecule has 0 aromatic heterocycles. The third-order valence-electron chi connectivity index (χ3n) is 0.702. The van der Waals surface area contributed by atoms with E-state index in [0.29, 0.717) is 6.29 Å². The highest BCUT2D eigenvalue weighted by molar-refractivity contribution is 5.50. The number of aldehydes is 1. The van der Waals surface area contributed by atoms with Crippen LogP contribution in [0.5, 0.6) is 0 Å². The lowest BCUT2D eigenvalue weighted by Gasteiger charge is -1.95. The largest absolute Gasteiger partial charge is 0.516 e. The molecular formula is C5H9NO2. The van der Waals surface area contributed by atoms with Crippen molar-refractivity contribution in [3.8, 4) is 0 Å². The van der Waals surface area contributed by atoms with Gasteiger partial charge in [0.05, 0.1) is 6.26 Å². The Balaban J connectivity index is 3.31. The number of rotatable bonds is 3. The van der Waals surface area contributed by atoms with Gasteiger partial charge in [-0.2, -0.15) is 0 Å². The molecule has 0 fully saturated rings. The van der Waals surface area contributed by atoms with Crippen LogP contribution in [0.3, 0.4) is 0 Å². The maximum Gasteiger partial charge on any atom is 0.121 e. The van der Waals surface area contributed by atoms with E-state index in [9.17, 15) is 4.79 Å². The summed E-state index contributed by atoms with van der Waals surface area (Å²) in [6.07, 6.45) is 3.17. The minimum atomic E-state index is -0.336. The van der Waals surface area contributed by atoms with Crippen molar-refractivity contribution in [2.24, 2.45) is 5.73 Å². The van der Waals surface area contributed by atoms with Crippen LogP contribution in [0.1, 0.15) is 6.42 Å². The van der Waals surface area contributed by atoms with Gasteiger partial charge in [0, 0.05) is 12.5 Å². The molecule has 0 saturated carbocycles. The fraction of sp³-hybridized carbons (Fsp3) is 0.400. The molecule has 46 valence electrons. The molecule has 0 bridgehead atoms. The molecule has 0 aliphatic heterocycles. The number of hydrogen-bond acceptors (Lipinski definition) is 3. The Bertz CT molecular complexity index is 90.4. The van der Waals surface area contributed by atoms with Gasteiger partial charge in [-0.05, 0) is 6.08 Å². The molecule has 0 rings (SSSR count). The summed E-state index contributed by atoms with van der Waals surface area (Å²) in [7, 11) is 0. The predicted molar refractivity (Wildman–Crippen MR) is 30.4 cm³/mol. The van der Waals surface area contributed by atoms with Gasteiger partial charge in [0.15, 0.2) is 0 Å². The first kappa shape index (κ1) is 7.17. The van der Waals surface area contributed by atoms with Gasteiger partial charge in [0.2, 0.25) is 0 Å². The van der Waals surface area contributed by atoms with Crippen LogP contribution >= 0.6 is 0 Å². The van der Waals surface area contributed by atoms with Crippen LogP contribution in [-0.4, -0.2) is 17.4 Å². The third kappa shape index (κ3) is 3.36. The zero-order valence-electron chi connectivity index (χ0n) is 4.45. The van der Waals surface area contributed by atoms with Crippen molar-refractivity contribution in [2.45, 2.75) is 12.5 Å². The maximum absolute atomic E-state index is 9.69. The molecule has 0 spiro atoms. The first-order valence-corrected chi connectivity index (χ1v) is 2.31. The van der Waals surface area contributed by atoms with E-state index in [4.69, 9.17) is 10.8 Å². The summed E-state index contributed by atoms with van der Waals surface area (Å²) in [5.41, 5.74) is 5.22. The zero-order chi connectivity index (χ0) is 6.41. The molecule has 3 N–H and O–H groups in total. The Morgan fingerprint density at radius 2 is 2.38 bits per heavy atom. The monoisotopic (exact) mass is 115 g/mol. The maximum atomic E-state index is 9.69. The van der Waals surface area contributed by atoms with Crippen molar-refractivity contribution >= 4 is 6.29 Å². The van der Waals surface area contributed by atoms with Crippen molar-refractivity contribution < 1.29 is 9.90 Å². The second-order valence-electron chi connectivity index (χ2n) is 1.41. The van der Waals surface area contributed by atoms with Crippen LogP contribution in [0.25, 0.3) is 0 Å². The van der Waals surface area contributed by atoms with Crippen LogP contribution in [0, 0.1) is 0 Å². The summed E-state index contributed by atoms with van der Waals surface area (Å²) in [5, 5.41) is 8.09. The molecule has 3 nitrogen and oxygen atoms in total. The van der Waals surface area contributed by atoms with Gasteiger partial charge >= 0.3 is 0 Å². The first-order chi connectivity index (χ1) is 3.81. The average Bonchev–Trinajstić information content (AvgIpc) is 1.68. The molecule has 1 atom stereocenters. The van der Waals surface area contributed by atoms with Gasteiger partial charge in [-0.25, -0.2) is 0 Å². The molecule has 0 aliphatic rings. The number of aliphatic hydroxyl groups excluding tert-OH is 1. The van der Waals surface area contributed by atoms with E-state index in [0.717, 1.165) is 6.26 Å². The first-order valence-electron chi connectivity index (χ1n) is 2.31. The lowest BCUT2D eigenvalue weighted by Crippen LogP contribution is -2.16. The van der Waals surface area contributed by atoms with Crippen molar-refractivity contribution in [3.05, 3.63) is 12.3 Å². The van der Waals surface area contributed by atoms with Crippen LogP contribution in [0.15, 0.2) is 12.3 Å². The topological polar surface area (TPSA) is 63.3 Å². The summed E-state index contributed by atoms with van der Waals surface area (Å²) >= 11 is 0. The quantitative estimate of drug-likeness (QED) is 0.401. The summed E-state index contributed by atoms with van der Waals surface area (Å²) in [6.45, 7) is 0. The molecule has 0 aromatic rings. The lowest BCUT2D eigenvalue weighted by molar-refractivity contribution is -0.107. The minimum Gasteiger partial charge on any atom is -0.516 e. The number of carbonyl (C=O) groups excluding carboxylic acids is 1. The molecule has 0 aliphatic carbocycles. The number of hydrogen-bond donors (Lipinski definition) is 2. The molecule has 0 radical (unpaired) electrons. The molecule has 0 amide bonds. The standard InChI is InChI=1S/C5H9NO2/c6-5(1-3-7)2-4-8/h1,3-5,7H,2,6H2/b3-1+/t5-/m1/s1. The predicted octanol–water partition coefficient (Wildman–Crippen LogP) is -0.0256. The number of nitrogens with two attached hydrogens (primary N) is 1. The molecule has 0 saturated heterocycles. The molecule has 0 heterocycles. The van der Waals surface area contributed by atoms with Crippen LogP contribution in [0.2, 0.25) is 0 Å². The summed E-state index contributed by atoms with van der Waals surface area (Å²) < 4.78 is 0. The van der Waals surface area contributed by atoms with Gasteiger partial charge in [0.1, 0.15) is 6.29 Å². The zero-order valence-corrected chi connectivity index (χ0v) is 4.45. The number of carbonyl (C=O) groups is 1. The normalized spacial score (nSPS) is 14.1. The van der Waals surface area contributed by atoms with Crippen LogP contribution in [0.4, 0.5) is 0 Å². The smallest absolute Gasteiger partial charge is 0.121 e. The molecule has 8 heavy (non-hydrogen) atoms. The fourth-order valence-corrected chi connectivity index (χ4v) is 0.300. The Kier molecular flexibility index (Phi) is 3.88. The van der Waals surface area contributed by atoms with Crippen molar-refractivity contribution in [2.75, 3.05) is 0 Å². The molecule has 0 aromatic carbocycles. The average molecular weight is 115 g/mol. The second kappa shape index (κ2) is 4.33. The van der Waals surface area contributed by atoms with Crippen LogP contribution in [-0.2, 0) is 4.79 Å². The van der Waals surface area contributed by atoms with Gasteiger partial charge in [-0.1, -0.05) is 0 Å². The second-order valence-corrected chi connectivity index (χ2v) is 1.41. The van der Waals surface area contributed by atoms with Gasteiger partial charge in [-0.3, -0.25) is 0 Å². The highest BCUT2D eigenvalue weighted by Gasteiger charge is 1.91. The Morgan fingerprint density at radius 3 is 2.75 bits per heavy atom. The minimum absolute atomic E-state index is 0.261. The molecular weight excluding hydrogens is 106 g/mol. The number of aliphatic hydroxyl groups is 1. The molecule has 3 heteroatoms. The van der Waals surface area contributed by atoms with Gasteiger partial charge in [-0.15, -0.1) is 0 Å². The van der Waals surface area contributed by atoms with E-state index in [1.54, 1.807) is 0 Å². The Labute approximate surface area is 47.8 Å². The Hall–Kier alpha value is -0.830. The fourth-order valence-electron chi connectivity index (χ4n) is 0.300. The van der Waals surface area contributed by atoms with E-state index in [2.05, 4.69) is 0 Å². The van der Waals surface area contributed by atoms with E-state index in [1.165, 1.54) is 6.08 Å². The van der Waals surface area contributed by atoms with Crippen molar-refractivity contribution in [1.29, 1.82) is 0 Å². The highest BCUT2D eigenvalue weighted by atomic mass is 16.2. The third-order valence-corrected chi connectivity index (χ3v) is 0.702. The van der Waals surface area contributed by atoms with Gasteiger partial charge < -0.3 is 15.6 Å². The summed E-state index contributed by atoms with van der Waals surface area (Å²) in [4.78, 5) is 9.69. The van der Waals surface area contributed by atoms with E-state index in [1.807, 2.05) is 0 Å². The Morgan fingerprint density at radius 1 is 1.75 bits per heavy atom. The van der Waals surface area contributed by atoms with Crippen LogP contribution < -0.4 is 5.73 Å². The van der Waals surface area contributed by atoms with Crippen molar-refractivity contribution in [3.63, 3.8) is 0 Å². The molecule has 0 unspecified atom stereocenters.